The summed E-state index contributed by atoms with van der Waals surface area (Å²) in [7, 11) is 0. The minimum Gasteiger partial charge on any atom is -0.462 e. The van der Waals surface area contributed by atoms with Crippen molar-refractivity contribution in [2.75, 3.05) is 6.61 Å². The van der Waals surface area contributed by atoms with E-state index < -0.39 is 5.54 Å². The Morgan fingerprint density at radius 2 is 2.09 bits per heavy atom. The smallest absolute Gasteiger partial charge is 0.338 e. The van der Waals surface area contributed by atoms with Gasteiger partial charge in [-0.05, 0) is 56.0 Å². The molecule has 2 aliphatic rings. The Kier molecular flexibility index (Phi) is 6.59. The van der Waals surface area contributed by atoms with E-state index in [1.54, 1.807) is 12.1 Å². The molecular weight excluding hydrogens is 412 g/mol. The molecule has 2 bridgehead atoms. The average Bonchev–Trinajstić information content (AvgIpc) is 2.80. The highest BCUT2D eigenvalue weighted by atomic mass is 16.5. The summed E-state index contributed by atoms with van der Waals surface area (Å²) in [5, 5.41) is 0. The second-order valence-electron chi connectivity index (χ2n) is 8.68. The molecule has 5 heteroatoms. The van der Waals surface area contributed by atoms with Gasteiger partial charge in [0.25, 0.3) is 0 Å². The van der Waals surface area contributed by atoms with Crippen molar-refractivity contribution in [3.8, 4) is 0 Å². The number of ether oxygens (including phenoxy) is 1. The Hall–Kier alpha value is -3.47. The highest BCUT2D eigenvalue weighted by Gasteiger charge is 2.46. The number of nitrogens with zero attached hydrogens (tertiary/aromatic N) is 1. The summed E-state index contributed by atoms with van der Waals surface area (Å²) in [6.45, 7) is 6.59. The molecule has 170 valence electrons. The minimum absolute atomic E-state index is 0.0814. The van der Waals surface area contributed by atoms with Crippen LogP contribution in [0.15, 0.2) is 75.6 Å². The molecule has 2 atom stereocenters. The molecule has 0 radical (unpaired) electrons. The number of esters is 1. The molecular formula is C28H30N2O3. The van der Waals surface area contributed by atoms with E-state index in [1.807, 2.05) is 49.6 Å². The third-order valence-corrected chi connectivity index (χ3v) is 6.35. The monoisotopic (exact) mass is 442 g/mol. The lowest BCUT2D eigenvalue weighted by Gasteiger charge is -2.45. The average molecular weight is 443 g/mol. The fraction of sp³-hybridized carbons (Fsp3) is 0.321. The van der Waals surface area contributed by atoms with E-state index in [1.165, 1.54) is 11.1 Å². The summed E-state index contributed by atoms with van der Waals surface area (Å²) in [6, 6.07) is 10.9. The van der Waals surface area contributed by atoms with E-state index in [-0.39, 0.29) is 17.4 Å². The van der Waals surface area contributed by atoms with E-state index in [2.05, 4.69) is 31.0 Å². The van der Waals surface area contributed by atoms with Crippen molar-refractivity contribution >= 4 is 18.3 Å². The van der Waals surface area contributed by atoms with Crippen molar-refractivity contribution < 1.29 is 9.53 Å². The maximum absolute atomic E-state index is 12.4. The highest BCUT2D eigenvalue weighted by molar-refractivity contribution is 5.94. The van der Waals surface area contributed by atoms with Gasteiger partial charge in [-0.2, -0.15) is 0 Å². The largest absolute Gasteiger partial charge is 0.462 e. The summed E-state index contributed by atoms with van der Waals surface area (Å²) >= 11 is 0. The number of hydrogen-bond acceptors (Lipinski definition) is 4. The number of rotatable bonds is 6. The van der Waals surface area contributed by atoms with Gasteiger partial charge in [-0.25, -0.2) is 4.79 Å². The zero-order chi connectivity index (χ0) is 23.4. The summed E-state index contributed by atoms with van der Waals surface area (Å²) in [5.41, 5.74) is 5.31. The van der Waals surface area contributed by atoms with Gasteiger partial charge in [0.2, 0.25) is 5.56 Å². The first-order chi connectivity index (χ1) is 16.0. The number of carbonyl (C=O) groups is 1. The summed E-state index contributed by atoms with van der Waals surface area (Å²) in [4.78, 5) is 32.5. The SMILES string of the molecule is C/C=C1\C2C=C(C)CC1(N=C/C=C/c1ccccc1C(=O)OCCC)c1ccc(=O)[nH]c1C2. The first-order valence-corrected chi connectivity index (χ1v) is 11.5. The Balaban J connectivity index is 1.69. The number of aromatic amines is 1. The number of allylic oxidation sites excluding steroid dienone is 3. The van der Waals surface area contributed by atoms with Crippen LogP contribution in [0.25, 0.3) is 6.08 Å². The van der Waals surface area contributed by atoms with Crippen LogP contribution in [0, 0.1) is 5.92 Å². The van der Waals surface area contributed by atoms with Gasteiger partial charge in [0.05, 0.1) is 12.2 Å². The van der Waals surface area contributed by atoms with E-state index in [0.29, 0.717) is 12.2 Å². The van der Waals surface area contributed by atoms with Gasteiger partial charge in [-0.1, -0.05) is 48.9 Å². The zero-order valence-electron chi connectivity index (χ0n) is 19.4. The molecule has 0 fully saturated rings. The number of carbonyl (C=O) groups excluding carboxylic acids is 1. The van der Waals surface area contributed by atoms with Crippen LogP contribution in [0.1, 0.15) is 60.8 Å². The number of benzene rings is 1. The van der Waals surface area contributed by atoms with Crippen molar-refractivity contribution in [2.24, 2.45) is 10.9 Å². The fourth-order valence-corrected chi connectivity index (χ4v) is 5.07. The van der Waals surface area contributed by atoms with Crippen LogP contribution in [0.3, 0.4) is 0 Å². The topological polar surface area (TPSA) is 71.5 Å². The lowest BCUT2D eigenvalue weighted by molar-refractivity contribution is 0.0505. The molecule has 4 rings (SSSR count). The number of pyridine rings is 1. The van der Waals surface area contributed by atoms with Gasteiger partial charge < -0.3 is 9.72 Å². The highest BCUT2D eigenvalue weighted by Crippen LogP contribution is 2.51. The van der Waals surface area contributed by atoms with Gasteiger partial charge >= 0.3 is 5.97 Å². The van der Waals surface area contributed by atoms with Crippen LogP contribution in [0.5, 0.6) is 0 Å². The molecule has 1 aromatic carbocycles. The Bertz CT molecular complexity index is 1230. The standard InChI is InChI=1S/C28H30N2O3/c1-4-15-33-27(32)22-11-7-6-9-20(22)10-8-14-29-28-18-19(3)16-21(23(28)5-2)17-25-24(28)12-13-26(31)30-25/h5-14,16,21H,4,15,17-18H2,1-3H3,(H,30,31)/b10-8+,23-5+,29-14?. The van der Waals surface area contributed by atoms with Crippen LogP contribution in [0.2, 0.25) is 0 Å². The number of aliphatic imine (C=N–C) groups is 1. The third-order valence-electron chi connectivity index (χ3n) is 6.35. The zero-order valence-corrected chi connectivity index (χ0v) is 19.4. The van der Waals surface area contributed by atoms with Crippen molar-refractivity contribution in [1.82, 2.24) is 4.98 Å². The van der Waals surface area contributed by atoms with Gasteiger partial charge in [-0.3, -0.25) is 9.79 Å². The maximum atomic E-state index is 12.4. The third kappa shape index (κ3) is 4.40. The molecule has 33 heavy (non-hydrogen) atoms. The molecule has 2 aliphatic carbocycles. The number of hydrogen-bond donors (Lipinski definition) is 1. The van der Waals surface area contributed by atoms with Gasteiger partial charge in [0.15, 0.2) is 0 Å². The van der Waals surface area contributed by atoms with Gasteiger partial charge in [-0.15, -0.1) is 0 Å². The van der Waals surface area contributed by atoms with Crippen molar-refractivity contribution in [3.63, 3.8) is 0 Å². The predicted octanol–water partition coefficient (Wildman–Crippen LogP) is 5.39. The molecule has 2 aromatic rings. The second-order valence-corrected chi connectivity index (χ2v) is 8.68. The van der Waals surface area contributed by atoms with Crippen molar-refractivity contribution in [1.29, 1.82) is 0 Å². The quantitative estimate of drug-likeness (QED) is 0.370. The molecule has 1 aromatic heterocycles. The van der Waals surface area contributed by atoms with E-state index >= 15 is 0 Å². The normalized spacial score (nSPS) is 23.1. The van der Waals surface area contributed by atoms with Crippen molar-refractivity contribution in [3.05, 3.63) is 98.5 Å². The first kappa shape index (κ1) is 22.7. The summed E-state index contributed by atoms with van der Waals surface area (Å²) < 4.78 is 5.31. The van der Waals surface area contributed by atoms with Gasteiger partial charge in [0, 0.05) is 35.9 Å². The Labute approximate surface area is 194 Å². The summed E-state index contributed by atoms with van der Waals surface area (Å²) in [6.07, 6.45) is 12.4. The van der Waals surface area contributed by atoms with Crippen molar-refractivity contribution in [2.45, 2.75) is 45.6 Å². The van der Waals surface area contributed by atoms with E-state index in [0.717, 1.165) is 36.1 Å². The van der Waals surface area contributed by atoms with Crippen LogP contribution >= 0.6 is 0 Å². The molecule has 1 N–H and O–H groups in total. The minimum atomic E-state index is -0.528. The molecule has 5 nitrogen and oxygen atoms in total. The first-order valence-electron chi connectivity index (χ1n) is 11.5. The van der Waals surface area contributed by atoms with E-state index in [9.17, 15) is 9.59 Å². The summed E-state index contributed by atoms with van der Waals surface area (Å²) in [5.74, 6) is -0.0885. The van der Waals surface area contributed by atoms with Crippen LogP contribution in [-0.2, 0) is 16.7 Å². The molecule has 0 saturated heterocycles. The lowest BCUT2D eigenvalue weighted by atomic mass is 9.63. The van der Waals surface area contributed by atoms with Gasteiger partial charge in [0.1, 0.15) is 5.54 Å². The number of nitrogens with one attached hydrogen (secondary N) is 1. The number of aromatic nitrogens is 1. The predicted molar refractivity (Wildman–Crippen MR) is 133 cm³/mol. The lowest BCUT2D eigenvalue weighted by Crippen LogP contribution is -2.40. The maximum Gasteiger partial charge on any atom is 0.338 e. The molecule has 0 amide bonds. The fourth-order valence-electron chi connectivity index (χ4n) is 5.07. The van der Waals surface area contributed by atoms with E-state index in [4.69, 9.17) is 9.73 Å². The Morgan fingerprint density at radius 3 is 2.88 bits per heavy atom. The van der Waals surface area contributed by atoms with Crippen LogP contribution in [-0.4, -0.2) is 23.8 Å². The van der Waals surface area contributed by atoms with Crippen LogP contribution < -0.4 is 5.56 Å². The van der Waals surface area contributed by atoms with Crippen LogP contribution in [0.4, 0.5) is 0 Å². The molecule has 2 unspecified atom stereocenters. The Morgan fingerprint density at radius 1 is 1.27 bits per heavy atom. The molecule has 0 spiro atoms. The molecule has 0 aliphatic heterocycles. The molecule has 0 saturated carbocycles. The number of H-pyrrole nitrogens is 1. The number of fused-ring (bicyclic) bond motifs is 4. The second kappa shape index (κ2) is 9.57. The molecule has 1 heterocycles.